The molecule has 0 heterocycles. The molecule has 1 rings (SSSR count). The minimum Gasteiger partial charge on any atom is -0.383 e. The van der Waals surface area contributed by atoms with Crippen LogP contribution in [0, 0.1) is 0 Å². The molecule has 1 unspecified atom stereocenters. The molecule has 4 heteroatoms. The van der Waals surface area contributed by atoms with Crippen LogP contribution >= 0.6 is 11.6 Å². The molecule has 0 aliphatic rings. The zero-order valence-electron chi connectivity index (χ0n) is 9.28. The second-order valence-corrected chi connectivity index (χ2v) is 4.08. The van der Waals surface area contributed by atoms with E-state index in [1.54, 1.807) is 19.2 Å². The predicted molar refractivity (Wildman–Crippen MR) is 64.9 cm³/mol. The minimum atomic E-state index is -0.0677. The van der Waals surface area contributed by atoms with E-state index in [1.807, 2.05) is 18.2 Å². The van der Waals surface area contributed by atoms with E-state index in [1.165, 1.54) is 0 Å². The number of alkyl halides is 1. The van der Waals surface area contributed by atoms with Crippen LogP contribution in [0.2, 0.25) is 0 Å². The fourth-order valence-electron chi connectivity index (χ4n) is 1.30. The molecule has 0 fully saturated rings. The molecule has 1 atom stereocenters. The predicted octanol–water partition coefficient (Wildman–Crippen LogP) is 2.06. The molecule has 0 aromatic heterocycles. The summed E-state index contributed by atoms with van der Waals surface area (Å²) in [6.45, 7) is 1.06. The number of halogens is 1. The first-order valence-corrected chi connectivity index (χ1v) is 5.64. The summed E-state index contributed by atoms with van der Waals surface area (Å²) < 4.78 is 4.90. The second-order valence-electron chi connectivity index (χ2n) is 3.46. The Morgan fingerprint density at radius 3 is 2.75 bits per heavy atom. The van der Waals surface area contributed by atoms with Crippen LogP contribution in [0.25, 0.3) is 0 Å². The number of hydrogen-bond donors (Lipinski definition) is 1. The van der Waals surface area contributed by atoms with Crippen LogP contribution in [-0.4, -0.2) is 31.5 Å². The van der Waals surface area contributed by atoms with Crippen LogP contribution in [0.4, 0.5) is 0 Å². The molecule has 1 aromatic rings. The number of nitrogens with one attached hydrogen (secondary N) is 1. The van der Waals surface area contributed by atoms with Crippen molar-refractivity contribution >= 4 is 17.5 Å². The average Bonchev–Trinajstić information content (AvgIpc) is 2.30. The second kappa shape index (κ2) is 7.25. The van der Waals surface area contributed by atoms with Gasteiger partial charge in [-0.2, -0.15) is 0 Å². The SMILES string of the molecule is COCC(Cl)CCNC(=O)c1ccccc1. The van der Waals surface area contributed by atoms with Gasteiger partial charge < -0.3 is 10.1 Å². The maximum Gasteiger partial charge on any atom is 0.251 e. The van der Waals surface area contributed by atoms with Crippen LogP contribution in [0.3, 0.4) is 0 Å². The van der Waals surface area contributed by atoms with E-state index >= 15 is 0 Å². The van der Waals surface area contributed by atoms with Gasteiger partial charge in [0.2, 0.25) is 0 Å². The number of carbonyl (C=O) groups is 1. The monoisotopic (exact) mass is 241 g/mol. The van der Waals surface area contributed by atoms with Crippen LogP contribution in [0.5, 0.6) is 0 Å². The molecule has 1 N–H and O–H groups in total. The van der Waals surface area contributed by atoms with E-state index in [-0.39, 0.29) is 11.3 Å². The van der Waals surface area contributed by atoms with Crippen molar-refractivity contribution in [3.63, 3.8) is 0 Å². The minimum absolute atomic E-state index is 0.0546. The molecule has 1 amide bonds. The lowest BCUT2D eigenvalue weighted by Crippen LogP contribution is -2.26. The fraction of sp³-hybridized carbons (Fsp3) is 0.417. The van der Waals surface area contributed by atoms with Crippen molar-refractivity contribution in [2.45, 2.75) is 11.8 Å². The Morgan fingerprint density at radius 1 is 1.44 bits per heavy atom. The summed E-state index contributed by atoms with van der Waals surface area (Å²) >= 11 is 5.93. The van der Waals surface area contributed by atoms with Gasteiger partial charge in [-0.05, 0) is 18.6 Å². The summed E-state index contributed by atoms with van der Waals surface area (Å²) in [5.74, 6) is -0.0677. The number of amides is 1. The zero-order chi connectivity index (χ0) is 11.8. The van der Waals surface area contributed by atoms with Gasteiger partial charge in [-0.25, -0.2) is 0 Å². The largest absolute Gasteiger partial charge is 0.383 e. The van der Waals surface area contributed by atoms with Crippen molar-refractivity contribution in [3.8, 4) is 0 Å². The molecule has 88 valence electrons. The Morgan fingerprint density at radius 2 is 2.12 bits per heavy atom. The standard InChI is InChI=1S/C12H16ClNO2/c1-16-9-11(13)7-8-14-12(15)10-5-3-2-4-6-10/h2-6,11H,7-9H2,1H3,(H,14,15). The molecule has 0 aliphatic carbocycles. The first-order chi connectivity index (χ1) is 7.74. The first kappa shape index (κ1) is 13.0. The number of rotatable bonds is 6. The van der Waals surface area contributed by atoms with Crippen LogP contribution in [0.1, 0.15) is 16.8 Å². The van der Waals surface area contributed by atoms with E-state index in [9.17, 15) is 4.79 Å². The number of carbonyl (C=O) groups excluding carboxylic acids is 1. The van der Waals surface area contributed by atoms with Crippen molar-refractivity contribution in [1.82, 2.24) is 5.32 Å². The smallest absolute Gasteiger partial charge is 0.251 e. The molecular weight excluding hydrogens is 226 g/mol. The molecule has 0 saturated heterocycles. The maximum absolute atomic E-state index is 11.6. The van der Waals surface area contributed by atoms with Crippen LogP contribution in [-0.2, 0) is 4.74 Å². The highest BCUT2D eigenvalue weighted by atomic mass is 35.5. The molecular formula is C12H16ClNO2. The Hall–Kier alpha value is -1.06. The lowest BCUT2D eigenvalue weighted by Gasteiger charge is -2.09. The maximum atomic E-state index is 11.6. The Balaban J connectivity index is 2.26. The van der Waals surface area contributed by atoms with Crippen molar-refractivity contribution in [2.24, 2.45) is 0 Å². The molecule has 0 bridgehead atoms. The van der Waals surface area contributed by atoms with Gasteiger partial charge in [-0.15, -0.1) is 11.6 Å². The molecule has 0 radical (unpaired) electrons. The third-order valence-corrected chi connectivity index (χ3v) is 2.47. The van der Waals surface area contributed by atoms with Crippen molar-refractivity contribution in [1.29, 1.82) is 0 Å². The fourth-order valence-corrected chi connectivity index (χ4v) is 1.53. The van der Waals surface area contributed by atoms with Gasteiger partial charge in [0.05, 0.1) is 12.0 Å². The molecule has 3 nitrogen and oxygen atoms in total. The van der Waals surface area contributed by atoms with Gasteiger partial charge in [0.15, 0.2) is 0 Å². The Labute approximate surface area is 101 Å². The lowest BCUT2D eigenvalue weighted by atomic mass is 10.2. The number of methoxy groups -OCH3 is 1. The van der Waals surface area contributed by atoms with Crippen molar-refractivity contribution < 1.29 is 9.53 Å². The summed E-state index contributed by atoms with van der Waals surface area (Å²) in [7, 11) is 1.61. The first-order valence-electron chi connectivity index (χ1n) is 5.20. The highest BCUT2D eigenvalue weighted by molar-refractivity contribution is 6.20. The van der Waals surface area contributed by atoms with Crippen LogP contribution < -0.4 is 5.32 Å². The number of benzene rings is 1. The highest BCUT2D eigenvalue weighted by Gasteiger charge is 2.06. The lowest BCUT2D eigenvalue weighted by molar-refractivity contribution is 0.0951. The summed E-state index contributed by atoms with van der Waals surface area (Å²) in [5.41, 5.74) is 0.667. The summed E-state index contributed by atoms with van der Waals surface area (Å²) in [4.78, 5) is 11.6. The molecule has 0 saturated carbocycles. The number of hydrogen-bond acceptors (Lipinski definition) is 2. The van der Waals surface area contributed by atoms with Crippen molar-refractivity contribution in [3.05, 3.63) is 35.9 Å². The van der Waals surface area contributed by atoms with E-state index in [0.29, 0.717) is 25.1 Å². The van der Waals surface area contributed by atoms with Crippen LogP contribution in [0.15, 0.2) is 30.3 Å². The Kier molecular flexibility index (Phi) is 5.90. The van der Waals surface area contributed by atoms with Gasteiger partial charge in [0.25, 0.3) is 5.91 Å². The van der Waals surface area contributed by atoms with E-state index in [4.69, 9.17) is 16.3 Å². The van der Waals surface area contributed by atoms with Gasteiger partial charge in [-0.1, -0.05) is 18.2 Å². The molecule has 16 heavy (non-hydrogen) atoms. The van der Waals surface area contributed by atoms with E-state index in [0.717, 1.165) is 0 Å². The van der Waals surface area contributed by atoms with E-state index < -0.39 is 0 Å². The van der Waals surface area contributed by atoms with E-state index in [2.05, 4.69) is 5.32 Å². The van der Waals surface area contributed by atoms with Gasteiger partial charge in [0, 0.05) is 19.2 Å². The van der Waals surface area contributed by atoms with Gasteiger partial charge in [-0.3, -0.25) is 4.79 Å². The molecule has 0 aliphatic heterocycles. The Bertz CT molecular complexity index is 316. The third-order valence-electron chi connectivity index (χ3n) is 2.13. The summed E-state index contributed by atoms with van der Waals surface area (Å²) in [6, 6.07) is 9.11. The third kappa shape index (κ3) is 4.64. The quantitative estimate of drug-likeness (QED) is 0.775. The normalized spacial score (nSPS) is 12.1. The highest BCUT2D eigenvalue weighted by Crippen LogP contribution is 2.02. The molecule has 0 spiro atoms. The zero-order valence-corrected chi connectivity index (χ0v) is 10.0. The topological polar surface area (TPSA) is 38.3 Å². The van der Waals surface area contributed by atoms with Gasteiger partial charge >= 0.3 is 0 Å². The molecule has 1 aromatic carbocycles. The van der Waals surface area contributed by atoms with Gasteiger partial charge in [0.1, 0.15) is 0 Å². The summed E-state index contributed by atoms with van der Waals surface area (Å²) in [6.07, 6.45) is 0.702. The number of ether oxygens (including phenoxy) is 1. The van der Waals surface area contributed by atoms with Crippen molar-refractivity contribution in [2.75, 3.05) is 20.3 Å². The summed E-state index contributed by atoms with van der Waals surface area (Å²) in [5, 5.41) is 2.75. The average molecular weight is 242 g/mol.